The van der Waals surface area contributed by atoms with Crippen molar-refractivity contribution in [2.75, 3.05) is 19.8 Å². The highest BCUT2D eigenvalue weighted by Gasteiger charge is 2.18. The summed E-state index contributed by atoms with van der Waals surface area (Å²) >= 11 is 0. The number of hydrogen-bond acceptors (Lipinski definition) is 6. The SMILES string of the molecule is CCCCCCCOc1c(O)c2cccc(OCCO)c2oc1=O. The molecular weight excluding hydrogens is 312 g/mol. The molecule has 6 heteroatoms. The Hall–Kier alpha value is -2.21. The van der Waals surface area contributed by atoms with Crippen LogP contribution in [0.4, 0.5) is 0 Å². The molecule has 0 aliphatic heterocycles. The van der Waals surface area contributed by atoms with Gasteiger partial charge in [-0.1, -0.05) is 38.7 Å². The first kappa shape index (κ1) is 18.1. The molecule has 2 N–H and O–H groups in total. The van der Waals surface area contributed by atoms with E-state index in [1.54, 1.807) is 18.2 Å². The lowest BCUT2D eigenvalue weighted by molar-refractivity contribution is 0.201. The molecule has 0 aliphatic carbocycles. The van der Waals surface area contributed by atoms with Crippen LogP contribution in [-0.4, -0.2) is 30.0 Å². The molecule has 6 nitrogen and oxygen atoms in total. The van der Waals surface area contributed by atoms with Crippen molar-refractivity contribution in [3.8, 4) is 17.2 Å². The molecule has 1 heterocycles. The summed E-state index contributed by atoms with van der Waals surface area (Å²) in [4.78, 5) is 12.1. The Bertz CT molecular complexity index is 706. The first-order valence-electron chi connectivity index (χ1n) is 8.34. The van der Waals surface area contributed by atoms with E-state index in [-0.39, 0.29) is 30.3 Å². The molecule has 0 aliphatic rings. The summed E-state index contributed by atoms with van der Waals surface area (Å²) in [6, 6.07) is 4.89. The van der Waals surface area contributed by atoms with Crippen molar-refractivity contribution in [2.45, 2.75) is 39.0 Å². The minimum absolute atomic E-state index is 0.0690. The molecular formula is C18H24O6. The first-order chi connectivity index (χ1) is 11.7. The van der Waals surface area contributed by atoms with Gasteiger partial charge in [-0.05, 0) is 18.6 Å². The van der Waals surface area contributed by atoms with Crippen LogP contribution in [0.3, 0.4) is 0 Å². The Morgan fingerprint density at radius 3 is 2.62 bits per heavy atom. The van der Waals surface area contributed by atoms with Crippen molar-refractivity contribution >= 4 is 11.0 Å². The van der Waals surface area contributed by atoms with Crippen LogP contribution < -0.4 is 15.1 Å². The Morgan fingerprint density at radius 2 is 1.88 bits per heavy atom. The monoisotopic (exact) mass is 336 g/mol. The van der Waals surface area contributed by atoms with Crippen LogP contribution in [0, 0.1) is 0 Å². The van der Waals surface area contributed by atoms with E-state index in [1.807, 2.05) is 0 Å². The van der Waals surface area contributed by atoms with Crippen LogP contribution in [-0.2, 0) is 0 Å². The number of hydrogen-bond donors (Lipinski definition) is 2. The molecule has 132 valence electrons. The number of rotatable bonds is 10. The smallest absolute Gasteiger partial charge is 0.383 e. The van der Waals surface area contributed by atoms with Crippen molar-refractivity contribution < 1.29 is 24.1 Å². The van der Waals surface area contributed by atoms with Crippen molar-refractivity contribution in [2.24, 2.45) is 0 Å². The van der Waals surface area contributed by atoms with Crippen LogP contribution >= 0.6 is 0 Å². The predicted molar refractivity (Wildman–Crippen MR) is 91.0 cm³/mol. The maximum atomic E-state index is 12.1. The van der Waals surface area contributed by atoms with Gasteiger partial charge in [-0.3, -0.25) is 0 Å². The molecule has 0 bridgehead atoms. The van der Waals surface area contributed by atoms with Gasteiger partial charge < -0.3 is 24.1 Å². The summed E-state index contributed by atoms with van der Waals surface area (Å²) in [6.07, 6.45) is 5.31. The quantitative estimate of drug-likeness (QED) is 0.511. The lowest BCUT2D eigenvalue weighted by Crippen LogP contribution is -2.09. The van der Waals surface area contributed by atoms with Crippen molar-refractivity contribution in [3.05, 3.63) is 28.6 Å². The summed E-state index contributed by atoms with van der Waals surface area (Å²) in [5.41, 5.74) is -0.600. The number of fused-ring (bicyclic) bond motifs is 1. The number of aliphatic hydroxyl groups is 1. The van der Waals surface area contributed by atoms with Gasteiger partial charge in [-0.15, -0.1) is 0 Å². The number of benzene rings is 1. The van der Waals surface area contributed by atoms with Gasteiger partial charge in [-0.2, -0.15) is 0 Å². The van der Waals surface area contributed by atoms with E-state index in [1.165, 1.54) is 6.42 Å². The fourth-order valence-electron chi connectivity index (χ4n) is 2.44. The van der Waals surface area contributed by atoms with Gasteiger partial charge >= 0.3 is 5.63 Å². The molecule has 0 radical (unpaired) electrons. The Morgan fingerprint density at radius 1 is 1.08 bits per heavy atom. The number of aromatic hydroxyl groups is 1. The standard InChI is InChI=1S/C18H24O6/c1-2-3-4-5-6-11-23-17-15(20)13-8-7-9-14(22-12-10-19)16(13)24-18(17)21/h7-9,19-20H,2-6,10-12H2,1H3. The fraction of sp³-hybridized carbons (Fsp3) is 0.500. The van der Waals surface area contributed by atoms with Crippen LogP contribution in [0.25, 0.3) is 11.0 Å². The summed E-state index contributed by atoms with van der Waals surface area (Å²) < 4.78 is 16.0. The van der Waals surface area contributed by atoms with E-state index in [2.05, 4.69) is 6.92 Å². The van der Waals surface area contributed by atoms with E-state index in [4.69, 9.17) is 19.0 Å². The van der Waals surface area contributed by atoms with E-state index < -0.39 is 5.63 Å². The fourth-order valence-corrected chi connectivity index (χ4v) is 2.44. The maximum absolute atomic E-state index is 12.1. The van der Waals surface area contributed by atoms with E-state index in [0.717, 1.165) is 25.7 Å². The third kappa shape index (κ3) is 4.41. The Balaban J connectivity index is 2.16. The van der Waals surface area contributed by atoms with Crippen LogP contribution in [0.2, 0.25) is 0 Å². The number of ether oxygens (including phenoxy) is 2. The maximum Gasteiger partial charge on any atom is 0.383 e. The van der Waals surface area contributed by atoms with Crippen molar-refractivity contribution in [1.29, 1.82) is 0 Å². The molecule has 1 aromatic heterocycles. The number of aliphatic hydroxyl groups excluding tert-OH is 1. The van der Waals surface area contributed by atoms with Gasteiger partial charge in [0.2, 0.25) is 5.75 Å². The van der Waals surface area contributed by atoms with Crippen LogP contribution in [0.15, 0.2) is 27.4 Å². The number of unbranched alkanes of at least 4 members (excludes halogenated alkanes) is 4. The molecule has 0 atom stereocenters. The minimum Gasteiger partial charge on any atom is -0.504 e. The van der Waals surface area contributed by atoms with E-state index in [0.29, 0.717) is 17.7 Å². The lowest BCUT2D eigenvalue weighted by Gasteiger charge is -2.11. The second-order valence-electron chi connectivity index (χ2n) is 5.53. The molecule has 0 unspecified atom stereocenters. The van der Waals surface area contributed by atoms with Crippen LogP contribution in [0.1, 0.15) is 39.0 Å². The zero-order valence-corrected chi connectivity index (χ0v) is 13.9. The zero-order chi connectivity index (χ0) is 17.4. The van der Waals surface area contributed by atoms with E-state index >= 15 is 0 Å². The third-order valence-corrected chi connectivity index (χ3v) is 3.67. The molecule has 1 aromatic carbocycles. The molecule has 0 amide bonds. The topological polar surface area (TPSA) is 89.1 Å². The molecule has 0 saturated heterocycles. The van der Waals surface area contributed by atoms with Crippen LogP contribution in [0.5, 0.6) is 17.2 Å². The average Bonchev–Trinajstić information content (AvgIpc) is 2.58. The predicted octanol–water partition coefficient (Wildman–Crippen LogP) is 3.22. The third-order valence-electron chi connectivity index (χ3n) is 3.67. The summed E-state index contributed by atoms with van der Waals surface area (Å²) in [5.74, 6) is -0.123. The molecule has 0 saturated carbocycles. The van der Waals surface area contributed by atoms with Gasteiger partial charge in [-0.25, -0.2) is 4.79 Å². The van der Waals surface area contributed by atoms with Gasteiger partial charge in [0.05, 0.1) is 18.6 Å². The van der Waals surface area contributed by atoms with Gasteiger partial charge in [0.1, 0.15) is 6.61 Å². The number of para-hydroxylation sites is 1. The van der Waals surface area contributed by atoms with E-state index in [9.17, 15) is 9.90 Å². The van der Waals surface area contributed by atoms with Gasteiger partial charge in [0, 0.05) is 0 Å². The highest BCUT2D eigenvalue weighted by Crippen LogP contribution is 2.35. The molecule has 2 aromatic rings. The van der Waals surface area contributed by atoms with Crippen molar-refractivity contribution in [1.82, 2.24) is 0 Å². The highest BCUT2D eigenvalue weighted by atomic mass is 16.5. The molecule has 0 fully saturated rings. The van der Waals surface area contributed by atoms with Gasteiger partial charge in [0.25, 0.3) is 0 Å². The molecule has 0 spiro atoms. The Labute approximate surface area is 140 Å². The second kappa shape index (κ2) is 9.17. The summed E-state index contributed by atoms with van der Waals surface area (Å²) in [5, 5.41) is 19.5. The summed E-state index contributed by atoms with van der Waals surface area (Å²) in [6.45, 7) is 2.41. The normalized spacial score (nSPS) is 10.9. The average molecular weight is 336 g/mol. The first-order valence-corrected chi connectivity index (χ1v) is 8.34. The zero-order valence-electron chi connectivity index (χ0n) is 13.9. The highest BCUT2D eigenvalue weighted by molar-refractivity contribution is 5.89. The minimum atomic E-state index is -0.742. The van der Waals surface area contributed by atoms with Gasteiger partial charge in [0.15, 0.2) is 17.1 Å². The molecule has 24 heavy (non-hydrogen) atoms. The summed E-state index contributed by atoms with van der Waals surface area (Å²) in [7, 11) is 0. The lowest BCUT2D eigenvalue weighted by atomic mass is 10.2. The Kier molecular flexibility index (Phi) is 6.93. The second-order valence-corrected chi connectivity index (χ2v) is 5.53. The van der Waals surface area contributed by atoms with Crippen molar-refractivity contribution in [3.63, 3.8) is 0 Å². The largest absolute Gasteiger partial charge is 0.504 e. The molecule has 2 rings (SSSR count).